The van der Waals surface area contributed by atoms with E-state index in [-0.39, 0.29) is 11.8 Å². The first-order chi connectivity index (χ1) is 11.7. The number of hydrogen-bond donors (Lipinski definition) is 0. The van der Waals surface area contributed by atoms with E-state index in [0.717, 1.165) is 4.47 Å². The van der Waals surface area contributed by atoms with Gasteiger partial charge in [0.1, 0.15) is 5.69 Å². The average molecular weight is 387 g/mol. The van der Waals surface area contributed by atoms with Crippen molar-refractivity contribution in [2.45, 2.75) is 5.92 Å². The van der Waals surface area contributed by atoms with Crippen LogP contribution in [0.3, 0.4) is 0 Å². The first kappa shape index (κ1) is 14.9. The molecule has 0 aromatic carbocycles. The molecule has 1 fully saturated rings. The van der Waals surface area contributed by atoms with Crippen LogP contribution in [0.4, 0.5) is 0 Å². The molecule has 1 aliphatic heterocycles. The molecule has 0 unspecified atom stereocenters. The smallest absolute Gasteiger partial charge is 0.255 e. The summed E-state index contributed by atoms with van der Waals surface area (Å²) in [5.41, 5.74) is 1.11. The van der Waals surface area contributed by atoms with Crippen LogP contribution in [0.1, 0.15) is 22.2 Å². The summed E-state index contributed by atoms with van der Waals surface area (Å²) in [6.07, 6.45) is 7.92. The van der Waals surface area contributed by atoms with Crippen LogP contribution in [0.5, 0.6) is 0 Å². The van der Waals surface area contributed by atoms with Gasteiger partial charge in [-0.15, -0.1) is 0 Å². The van der Waals surface area contributed by atoms with Crippen molar-refractivity contribution >= 4 is 21.8 Å². The minimum absolute atomic E-state index is 0.0342. The van der Waals surface area contributed by atoms with Gasteiger partial charge in [0.05, 0.1) is 17.7 Å². The summed E-state index contributed by atoms with van der Waals surface area (Å²) >= 11 is 3.32. The van der Waals surface area contributed by atoms with Gasteiger partial charge in [0.2, 0.25) is 11.7 Å². The van der Waals surface area contributed by atoms with Gasteiger partial charge in [-0.05, 0) is 22.0 Å². The van der Waals surface area contributed by atoms with Gasteiger partial charge >= 0.3 is 0 Å². The third-order valence-electron chi connectivity index (χ3n) is 3.70. The lowest BCUT2D eigenvalue weighted by atomic mass is 9.99. The third kappa shape index (κ3) is 2.78. The fraction of sp³-hybridized carbons (Fsp3) is 0.200. The van der Waals surface area contributed by atoms with Crippen molar-refractivity contribution in [3.63, 3.8) is 0 Å². The van der Waals surface area contributed by atoms with E-state index in [4.69, 9.17) is 4.52 Å². The maximum atomic E-state index is 12.4. The van der Waals surface area contributed by atoms with E-state index in [2.05, 4.69) is 41.0 Å². The number of rotatable bonds is 3. The van der Waals surface area contributed by atoms with Crippen molar-refractivity contribution in [2.24, 2.45) is 0 Å². The predicted molar refractivity (Wildman–Crippen MR) is 85.9 cm³/mol. The summed E-state index contributed by atoms with van der Waals surface area (Å²) in [7, 11) is 0. The molecule has 8 nitrogen and oxygen atoms in total. The number of carbonyl (C=O) groups is 1. The second-order valence-corrected chi connectivity index (χ2v) is 6.26. The molecule has 3 aromatic rings. The Labute approximate surface area is 145 Å². The SMILES string of the molecule is O=C(c1cncc(Br)c1)N1CC(c2nc(-c3cnccn3)no2)C1. The Kier molecular flexibility index (Phi) is 3.77. The van der Waals surface area contributed by atoms with Crippen LogP contribution in [0.2, 0.25) is 0 Å². The monoisotopic (exact) mass is 386 g/mol. The summed E-state index contributed by atoms with van der Waals surface area (Å²) in [4.78, 5) is 30.6. The number of halogens is 1. The van der Waals surface area contributed by atoms with Crippen LogP contribution in [-0.4, -0.2) is 49.0 Å². The van der Waals surface area contributed by atoms with Crippen LogP contribution in [-0.2, 0) is 0 Å². The van der Waals surface area contributed by atoms with Gasteiger partial charge < -0.3 is 9.42 Å². The molecule has 4 rings (SSSR count). The molecule has 1 saturated heterocycles. The van der Waals surface area contributed by atoms with Gasteiger partial charge in [-0.2, -0.15) is 4.98 Å². The molecule has 0 radical (unpaired) electrons. The predicted octanol–water partition coefficient (Wildman–Crippen LogP) is 1.92. The second kappa shape index (κ2) is 6.08. The summed E-state index contributed by atoms with van der Waals surface area (Å²) in [6.45, 7) is 1.07. The van der Waals surface area contributed by atoms with E-state index < -0.39 is 0 Å². The lowest BCUT2D eigenvalue weighted by Gasteiger charge is -2.37. The minimum atomic E-state index is -0.0614. The Morgan fingerprint density at radius 2 is 2.08 bits per heavy atom. The zero-order valence-electron chi connectivity index (χ0n) is 12.3. The van der Waals surface area contributed by atoms with Gasteiger partial charge in [-0.3, -0.25) is 14.8 Å². The van der Waals surface area contributed by atoms with Gasteiger partial charge in [0, 0.05) is 42.3 Å². The van der Waals surface area contributed by atoms with E-state index in [9.17, 15) is 4.79 Å². The number of likely N-dealkylation sites (tertiary alicyclic amines) is 1. The maximum Gasteiger partial charge on any atom is 0.255 e. The number of pyridine rings is 1. The van der Waals surface area contributed by atoms with Crippen molar-refractivity contribution in [3.8, 4) is 11.5 Å². The fourth-order valence-corrected chi connectivity index (χ4v) is 2.80. The first-order valence-electron chi connectivity index (χ1n) is 7.20. The van der Waals surface area contributed by atoms with Crippen molar-refractivity contribution in [1.82, 2.24) is 30.0 Å². The van der Waals surface area contributed by atoms with E-state index in [1.165, 1.54) is 0 Å². The van der Waals surface area contributed by atoms with Crippen LogP contribution < -0.4 is 0 Å². The number of nitrogens with zero attached hydrogens (tertiary/aromatic N) is 6. The number of hydrogen-bond acceptors (Lipinski definition) is 7. The Morgan fingerprint density at radius 1 is 1.21 bits per heavy atom. The van der Waals surface area contributed by atoms with Crippen molar-refractivity contribution in [2.75, 3.05) is 13.1 Å². The standard InChI is InChI=1S/C15H11BrN6O2/c16-11-3-9(4-18-5-11)15(23)22-7-10(8-22)14-20-13(21-24-14)12-6-17-1-2-19-12/h1-6,10H,7-8H2. The highest BCUT2D eigenvalue weighted by atomic mass is 79.9. The molecule has 1 amide bonds. The molecule has 1 aliphatic rings. The second-order valence-electron chi connectivity index (χ2n) is 5.35. The molecule has 3 aromatic heterocycles. The fourth-order valence-electron chi connectivity index (χ4n) is 2.43. The highest BCUT2D eigenvalue weighted by Crippen LogP contribution is 2.28. The first-order valence-corrected chi connectivity index (χ1v) is 8.00. The molecular formula is C15H11BrN6O2. The van der Waals surface area contributed by atoms with E-state index in [1.54, 1.807) is 42.0 Å². The molecule has 0 atom stereocenters. The topological polar surface area (TPSA) is 97.9 Å². The Morgan fingerprint density at radius 3 is 2.83 bits per heavy atom. The average Bonchev–Trinajstić information content (AvgIpc) is 3.04. The quantitative estimate of drug-likeness (QED) is 0.677. The summed E-state index contributed by atoms with van der Waals surface area (Å²) in [5.74, 6) is 0.881. The summed E-state index contributed by atoms with van der Waals surface area (Å²) < 4.78 is 6.06. The Hall–Kier alpha value is -2.68. The zero-order chi connectivity index (χ0) is 16.5. The molecule has 4 heterocycles. The number of amides is 1. The van der Waals surface area contributed by atoms with E-state index >= 15 is 0 Å². The maximum absolute atomic E-state index is 12.4. The number of aromatic nitrogens is 5. The minimum Gasteiger partial charge on any atom is -0.338 e. The molecule has 0 spiro atoms. The molecule has 0 bridgehead atoms. The Balaban J connectivity index is 1.43. The molecule has 0 aliphatic carbocycles. The third-order valence-corrected chi connectivity index (χ3v) is 4.14. The van der Waals surface area contributed by atoms with E-state index in [1.807, 2.05) is 0 Å². The van der Waals surface area contributed by atoms with Crippen molar-refractivity contribution in [1.29, 1.82) is 0 Å². The summed E-state index contributed by atoms with van der Waals surface area (Å²) in [5, 5.41) is 3.92. The van der Waals surface area contributed by atoms with Crippen molar-refractivity contribution < 1.29 is 9.32 Å². The molecule has 120 valence electrons. The highest BCUT2D eigenvalue weighted by molar-refractivity contribution is 9.10. The molecule has 9 heteroatoms. The van der Waals surface area contributed by atoms with Crippen LogP contribution in [0.15, 0.2) is 46.0 Å². The molecule has 0 saturated carbocycles. The number of carbonyl (C=O) groups excluding carboxylic acids is 1. The Bertz CT molecular complexity index is 878. The lowest BCUT2D eigenvalue weighted by Crippen LogP contribution is -2.48. The molecule has 24 heavy (non-hydrogen) atoms. The van der Waals surface area contributed by atoms with Crippen LogP contribution in [0.25, 0.3) is 11.5 Å². The van der Waals surface area contributed by atoms with Gasteiger partial charge in [0.25, 0.3) is 5.91 Å². The highest BCUT2D eigenvalue weighted by Gasteiger charge is 2.36. The van der Waals surface area contributed by atoms with Gasteiger partial charge in [-0.25, -0.2) is 4.98 Å². The molecule has 0 N–H and O–H groups in total. The largest absolute Gasteiger partial charge is 0.338 e. The van der Waals surface area contributed by atoms with Gasteiger partial charge in [0.15, 0.2) is 0 Å². The normalized spacial score (nSPS) is 14.5. The lowest BCUT2D eigenvalue weighted by molar-refractivity contribution is 0.0568. The van der Waals surface area contributed by atoms with E-state index in [0.29, 0.717) is 36.1 Å². The van der Waals surface area contributed by atoms with Crippen LogP contribution >= 0.6 is 15.9 Å². The zero-order valence-corrected chi connectivity index (χ0v) is 13.9. The summed E-state index contributed by atoms with van der Waals surface area (Å²) in [6, 6.07) is 1.75. The van der Waals surface area contributed by atoms with Gasteiger partial charge in [-0.1, -0.05) is 5.16 Å². The molecular weight excluding hydrogens is 376 g/mol. The van der Waals surface area contributed by atoms with Crippen molar-refractivity contribution in [3.05, 3.63) is 53.0 Å². The van der Waals surface area contributed by atoms with Crippen LogP contribution in [0, 0.1) is 0 Å².